The fourth-order valence-electron chi connectivity index (χ4n) is 2.74. The van der Waals surface area contributed by atoms with Crippen LogP contribution in [-0.2, 0) is 6.54 Å². The van der Waals surface area contributed by atoms with Gasteiger partial charge in [0.05, 0.1) is 5.52 Å². The maximum Gasteiger partial charge on any atom is 0.0758 e. The fourth-order valence-corrected chi connectivity index (χ4v) is 3.19. The van der Waals surface area contributed by atoms with Crippen molar-refractivity contribution in [2.75, 3.05) is 20.1 Å². The number of nitrogens with one attached hydrogen (secondary N) is 1. The first kappa shape index (κ1) is 13.0. The average molecular weight is 320 g/mol. The minimum absolute atomic E-state index is 0.641. The van der Waals surface area contributed by atoms with Crippen molar-refractivity contribution >= 4 is 26.8 Å². The first-order valence-electron chi connectivity index (χ1n) is 6.69. The SMILES string of the molecule is CN(Cc1ccc(Br)c2cccnc12)C1CCNC1. The van der Waals surface area contributed by atoms with Gasteiger partial charge in [-0.1, -0.05) is 28.1 Å². The van der Waals surface area contributed by atoms with Gasteiger partial charge >= 0.3 is 0 Å². The normalized spacial score (nSPS) is 19.4. The number of hydrogen-bond acceptors (Lipinski definition) is 3. The summed E-state index contributed by atoms with van der Waals surface area (Å²) in [6.45, 7) is 3.18. The lowest BCUT2D eigenvalue weighted by molar-refractivity contribution is 0.249. The molecule has 1 unspecified atom stereocenters. The average Bonchev–Trinajstić information content (AvgIpc) is 2.96. The number of nitrogens with zero attached hydrogens (tertiary/aromatic N) is 2. The predicted octanol–water partition coefficient (Wildman–Crippen LogP) is 2.79. The third-order valence-electron chi connectivity index (χ3n) is 3.88. The van der Waals surface area contributed by atoms with Gasteiger partial charge in [0, 0.05) is 35.2 Å². The maximum atomic E-state index is 4.55. The van der Waals surface area contributed by atoms with E-state index in [9.17, 15) is 0 Å². The second-order valence-corrected chi connectivity index (χ2v) is 6.02. The molecule has 4 heteroatoms. The Hall–Kier alpha value is -0.970. The van der Waals surface area contributed by atoms with Crippen molar-refractivity contribution in [2.24, 2.45) is 0 Å². The molecule has 19 heavy (non-hydrogen) atoms. The molecule has 0 amide bonds. The van der Waals surface area contributed by atoms with Crippen LogP contribution in [0.15, 0.2) is 34.9 Å². The van der Waals surface area contributed by atoms with Gasteiger partial charge in [-0.25, -0.2) is 0 Å². The first-order valence-corrected chi connectivity index (χ1v) is 7.48. The zero-order valence-corrected chi connectivity index (χ0v) is 12.7. The van der Waals surface area contributed by atoms with Crippen LogP contribution in [-0.4, -0.2) is 36.1 Å². The van der Waals surface area contributed by atoms with Crippen molar-refractivity contribution in [3.8, 4) is 0 Å². The summed E-state index contributed by atoms with van der Waals surface area (Å²) in [4.78, 5) is 6.98. The molecule has 1 aromatic heterocycles. The van der Waals surface area contributed by atoms with Gasteiger partial charge in [-0.15, -0.1) is 0 Å². The summed E-state index contributed by atoms with van der Waals surface area (Å²) in [6.07, 6.45) is 3.10. The van der Waals surface area contributed by atoms with Gasteiger partial charge in [0.2, 0.25) is 0 Å². The van der Waals surface area contributed by atoms with Gasteiger partial charge in [0.15, 0.2) is 0 Å². The van der Waals surface area contributed by atoms with E-state index in [0.717, 1.165) is 29.6 Å². The molecule has 0 spiro atoms. The van der Waals surface area contributed by atoms with Crippen molar-refractivity contribution in [1.29, 1.82) is 0 Å². The summed E-state index contributed by atoms with van der Waals surface area (Å²) < 4.78 is 1.12. The van der Waals surface area contributed by atoms with Crippen LogP contribution in [0.5, 0.6) is 0 Å². The van der Waals surface area contributed by atoms with Gasteiger partial charge in [-0.05, 0) is 37.7 Å². The van der Waals surface area contributed by atoms with Gasteiger partial charge in [0.25, 0.3) is 0 Å². The van der Waals surface area contributed by atoms with Crippen LogP contribution in [0.1, 0.15) is 12.0 Å². The second-order valence-electron chi connectivity index (χ2n) is 5.17. The quantitative estimate of drug-likeness (QED) is 0.943. The third kappa shape index (κ3) is 2.66. The molecule has 0 saturated carbocycles. The highest BCUT2D eigenvalue weighted by molar-refractivity contribution is 9.10. The molecule has 1 fully saturated rings. The molecular weight excluding hydrogens is 302 g/mol. The molecule has 1 aliphatic heterocycles. The molecule has 100 valence electrons. The van der Waals surface area contributed by atoms with E-state index in [4.69, 9.17) is 0 Å². The van der Waals surface area contributed by atoms with Gasteiger partial charge in [-0.3, -0.25) is 9.88 Å². The highest BCUT2D eigenvalue weighted by Crippen LogP contribution is 2.26. The number of likely N-dealkylation sites (N-methyl/N-ethyl adjacent to an activating group) is 1. The Labute approximate surface area is 122 Å². The molecule has 2 aromatic rings. The van der Waals surface area contributed by atoms with E-state index in [0.29, 0.717) is 6.04 Å². The van der Waals surface area contributed by atoms with E-state index in [1.165, 1.54) is 17.4 Å². The summed E-state index contributed by atoms with van der Waals surface area (Å²) in [5, 5.41) is 4.61. The lowest BCUT2D eigenvalue weighted by atomic mass is 10.1. The zero-order valence-electron chi connectivity index (χ0n) is 11.1. The van der Waals surface area contributed by atoms with Crippen LogP contribution in [0, 0.1) is 0 Å². The molecule has 3 rings (SSSR count). The highest BCUT2D eigenvalue weighted by atomic mass is 79.9. The van der Waals surface area contributed by atoms with Gasteiger partial charge in [-0.2, -0.15) is 0 Å². The van der Waals surface area contributed by atoms with Crippen molar-refractivity contribution in [1.82, 2.24) is 15.2 Å². The zero-order chi connectivity index (χ0) is 13.2. The Morgan fingerprint density at radius 3 is 3.11 bits per heavy atom. The van der Waals surface area contributed by atoms with Crippen LogP contribution in [0.3, 0.4) is 0 Å². The summed E-state index contributed by atoms with van der Waals surface area (Å²) in [6, 6.07) is 9.05. The number of halogens is 1. The predicted molar refractivity (Wildman–Crippen MR) is 82.2 cm³/mol. The van der Waals surface area contributed by atoms with Crippen molar-refractivity contribution in [3.05, 3.63) is 40.5 Å². The van der Waals surface area contributed by atoms with E-state index in [2.05, 4.69) is 56.4 Å². The van der Waals surface area contributed by atoms with E-state index in [-0.39, 0.29) is 0 Å². The third-order valence-corrected chi connectivity index (χ3v) is 4.57. The van der Waals surface area contributed by atoms with Gasteiger partial charge < -0.3 is 5.32 Å². The van der Waals surface area contributed by atoms with E-state index in [1.807, 2.05) is 12.3 Å². The minimum Gasteiger partial charge on any atom is -0.315 e. The molecule has 1 saturated heterocycles. The Kier molecular flexibility index (Phi) is 3.82. The Bertz CT molecular complexity index is 579. The molecule has 3 nitrogen and oxygen atoms in total. The molecule has 2 heterocycles. The highest BCUT2D eigenvalue weighted by Gasteiger charge is 2.19. The monoisotopic (exact) mass is 319 g/mol. The number of fused-ring (bicyclic) bond motifs is 1. The number of benzene rings is 1. The molecule has 0 aliphatic carbocycles. The van der Waals surface area contributed by atoms with E-state index < -0.39 is 0 Å². The van der Waals surface area contributed by atoms with Crippen LogP contribution in [0.25, 0.3) is 10.9 Å². The Morgan fingerprint density at radius 2 is 2.32 bits per heavy atom. The molecule has 1 aliphatic rings. The Balaban J connectivity index is 1.90. The fraction of sp³-hybridized carbons (Fsp3) is 0.400. The standard InChI is InChI=1S/C15H18BrN3/c1-19(12-6-8-17-9-12)10-11-4-5-14(16)13-3-2-7-18-15(11)13/h2-5,7,12,17H,6,8-10H2,1H3. The van der Waals surface area contributed by atoms with Crippen LogP contribution in [0.4, 0.5) is 0 Å². The molecule has 1 atom stereocenters. The lowest BCUT2D eigenvalue weighted by Gasteiger charge is -2.24. The molecule has 0 bridgehead atoms. The Morgan fingerprint density at radius 1 is 1.42 bits per heavy atom. The van der Waals surface area contributed by atoms with Crippen molar-refractivity contribution in [2.45, 2.75) is 19.0 Å². The molecule has 1 aromatic carbocycles. The van der Waals surface area contributed by atoms with Crippen molar-refractivity contribution in [3.63, 3.8) is 0 Å². The van der Waals surface area contributed by atoms with Crippen molar-refractivity contribution < 1.29 is 0 Å². The van der Waals surface area contributed by atoms with E-state index >= 15 is 0 Å². The smallest absolute Gasteiger partial charge is 0.0758 e. The van der Waals surface area contributed by atoms with Gasteiger partial charge in [0.1, 0.15) is 0 Å². The number of aromatic nitrogens is 1. The van der Waals surface area contributed by atoms with E-state index in [1.54, 1.807) is 0 Å². The largest absolute Gasteiger partial charge is 0.315 e. The van der Waals surface area contributed by atoms with Crippen LogP contribution in [0.2, 0.25) is 0 Å². The minimum atomic E-state index is 0.641. The summed E-state index contributed by atoms with van der Waals surface area (Å²) in [5.41, 5.74) is 2.41. The van der Waals surface area contributed by atoms with Crippen LogP contribution < -0.4 is 5.32 Å². The summed E-state index contributed by atoms with van der Waals surface area (Å²) in [7, 11) is 2.20. The lowest BCUT2D eigenvalue weighted by Crippen LogP contribution is -2.32. The van der Waals surface area contributed by atoms with Crippen LogP contribution >= 0.6 is 15.9 Å². The summed E-state index contributed by atoms with van der Waals surface area (Å²) in [5.74, 6) is 0. The number of rotatable bonds is 3. The molecular formula is C15H18BrN3. The molecule has 0 radical (unpaired) electrons. The summed E-state index contributed by atoms with van der Waals surface area (Å²) >= 11 is 3.60. The number of pyridine rings is 1. The maximum absolute atomic E-state index is 4.55. The topological polar surface area (TPSA) is 28.2 Å². The second kappa shape index (κ2) is 5.57. The first-order chi connectivity index (χ1) is 9.25. The number of hydrogen-bond donors (Lipinski definition) is 1. The molecule has 1 N–H and O–H groups in total.